The predicted molar refractivity (Wildman–Crippen MR) is 114 cm³/mol. The summed E-state index contributed by atoms with van der Waals surface area (Å²) in [6, 6.07) is 12.7. The zero-order valence-corrected chi connectivity index (χ0v) is 17.8. The van der Waals surface area contributed by atoms with Crippen LogP contribution < -0.4 is 4.31 Å². The van der Waals surface area contributed by atoms with Crippen LogP contribution in [0.4, 0.5) is 10.1 Å². The number of halogens is 2. The van der Waals surface area contributed by atoms with Gasteiger partial charge in [0.05, 0.1) is 12.2 Å². The van der Waals surface area contributed by atoms with Crippen LogP contribution in [-0.2, 0) is 16.6 Å². The molecule has 0 aliphatic rings. The second kappa shape index (κ2) is 7.70. The lowest BCUT2D eigenvalue weighted by Gasteiger charge is -2.26. The summed E-state index contributed by atoms with van der Waals surface area (Å²) in [5.41, 5.74) is 2.45. The number of sulfonamides is 1. The van der Waals surface area contributed by atoms with E-state index in [-0.39, 0.29) is 27.7 Å². The molecule has 0 unspecified atom stereocenters. The summed E-state index contributed by atoms with van der Waals surface area (Å²) in [6.45, 7) is 3.47. The molecule has 0 aliphatic heterocycles. The Balaban J connectivity index is 1.94. The van der Waals surface area contributed by atoms with Gasteiger partial charge in [-0.25, -0.2) is 12.8 Å². The predicted octanol–water partition coefficient (Wildman–Crippen LogP) is 4.53. The molecule has 0 bridgehead atoms. The molecule has 0 atom stereocenters. The van der Waals surface area contributed by atoms with Gasteiger partial charge in [-0.2, -0.15) is 0 Å². The van der Waals surface area contributed by atoms with E-state index in [1.54, 1.807) is 24.4 Å². The molecule has 0 radical (unpaired) electrons. The largest absolute Gasteiger partial charge is 0.288 e. The van der Waals surface area contributed by atoms with Crippen molar-refractivity contribution in [2.24, 2.45) is 0 Å². The Bertz CT molecular complexity index is 1310. The molecule has 0 N–H and O–H groups in total. The number of anilines is 1. The van der Waals surface area contributed by atoms with Crippen molar-refractivity contribution in [1.29, 1.82) is 0 Å². The van der Waals surface area contributed by atoms with Gasteiger partial charge in [0.25, 0.3) is 10.0 Å². The molecule has 9 heteroatoms. The fraction of sp³-hybridized carbons (Fsp3) is 0.143. The third-order valence-electron chi connectivity index (χ3n) is 4.71. The van der Waals surface area contributed by atoms with Gasteiger partial charge in [-0.15, -0.1) is 10.2 Å². The highest BCUT2D eigenvalue weighted by Gasteiger charge is 2.30. The lowest BCUT2D eigenvalue weighted by Crippen LogP contribution is -2.31. The molecule has 0 amide bonds. The molecule has 154 valence electrons. The number of aromatic nitrogens is 3. The van der Waals surface area contributed by atoms with E-state index in [4.69, 9.17) is 11.6 Å². The van der Waals surface area contributed by atoms with Crippen LogP contribution in [-0.4, -0.2) is 23.0 Å². The van der Waals surface area contributed by atoms with Gasteiger partial charge in [0.15, 0.2) is 5.65 Å². The van der Waals surface area contributed by atoms with E-state index in [0.29, 0.717) is 5.69 Å². The first-order valence-corrected chi connectivity index (χ1v) is 10.9. The minimum atomic E-state index is -4.13. The number of pyridine rings is 1. The van der Waals surface area contributed by atoms with Crippen molar-refractivity contribution in [3.05, 3.63) is 88.6 Å². The van der Waals surface area contributed by atoms with E-state index in [1.165, 1.54) is 35.0 Å². The topological polar surface area (TPSA) is 67.6 Å². The number of aryl methyl sites for hydroxylation is 2. The van der Waals surface area contributed by atoms with Gasteiger partial charge in [0.1, 0.15) is 17.0 Å². The summed E-state index contributed by atoms with van der Waals surface area (Å²) < 4.78 is 44.8. The van der Waals surface area contributed by atoms with E-state index in [0.717, 1.165) is 15.4 Å². The Morgan fingerprint density at radius 2 is 1.83 bits per heavy atom. The molecule has 0 saturated carbocycles. The number of nitrogens with zero attached hydrogens (tertiary/aromatic N) is 4. The zero-order chi connectivity index (χ0) is 21.5. The van der Waals surface area contributed by atoms with Crippen LogP contribution in [0.3, 0.4) is 0 Å². The van der Waals surface area contributed by atoms with Crippen molar-refractivity contribution < 1.29 is 12.8 Å². The van der Waals surface area contributed by atoms with Gasteiger partial charge in [-0.1, -0.05) is 23.7 Å². The second-order valence-corrected chi connectivity index (χ2v) is 9.23. The molecule has 2 aromatic heterocycles. The standard InChI is InChI=1S/C21H18ClFN4O2S/c1-14-9-15(2)11-16(10-14)27(12-17-18(22)5-3-6-19(17)23)30(28,29)20-7-4-8-26-13-24-25-21(20)26/h3-11,13H,12H2,1-2H3. The Labute approximate surface area is 178 Å². The molecule has 4 rings (SSSR count). The van der Waals surface area contributed by atoms with Crippen LogP contribution in [0.15, 0.2) is 66.0 Å². The molecule has 4 aromatic rings. The Kier molecular flexibility index (Phi) is 5.21. The maximum atomic E-state index is 14.5. The monoisotopic (exact) mass is 444 g/mol. The van der Waals surface area contributed by atoms with Gasteiger partial charge < -0.3 is 0 Å². The van der Waals surface area contributed by atoms with E-state index < -0.39 is 15.8 Å². The van der Waals surface area contributed by atoms with Crippen LogP contribution in [0.1, 0.15) is 16.7 Å². The fourth-order valence-electron chi connectivity index (χ4n) is 3.38. The summed E-state index contributed by atoms with van der Waals surface area (Å²) in [7, 11) is -4.13. The van der Waals surface area contributed by atoms with Crippen LogP contribution in [0, 0.1) is 19.7 Å². The highest BCUT2D eigenvalue weighted by molar-refractivity contribution is 7.93. The molecular weight excluding hydrogens is 427 g/mol. The molecule has 30 heavy (non-hydrogen) atoms. The lowest BCUT2D eigenvalue weighted by molar-refractivity contribution is 0.585. The Hall–Kier alpha value is -2.97. The molecule has 0 aliphatic carbocycles. The Morgan fingerprint density at radius 3 is 2.53 bits per heavy atom. The van der Waals surface area contributed by atoms with Crippen molar-refractivity contribution in [3.8, 4) is 0 Å². The quantitative estimate of drug-likeness (QED) is 0.453. The first-order valence-electron chi connectivity index (χ1n) is 9.09. The maximum Gasteiger partial charge on any atom is 0.268 e. The minimum Gasteiger partial charge on any atom is -0.288 e. The van der Waals surface area contributed by atoms with Gasteiger partial charge in [-0.3, -0.25) is 8.71 Å². The molecule has 0 fully saturated rings. The van der Waals surface area contributed by atoms with Crippen LogP contribution in [0.5, 0.6) is 0 Å². The first kappa shape index (κ1) is 20.3. The SMILES string of the molecule is Cc1cc(C)cc(N(Cc2c(F)cccc2Cl)S(=O)(=O)c2cccn3cnnc23)c1. The number of hydrogen-bond acceptors (Lipinski definition) is 4. The zero-order valence-electron chi connectivity index (χ0n) is 16.3. The van der Waals surface area contributed by atoms with Crippen molar-refractivity contribution in [2.45, 2.75) is 25.3 Å². The highest BCUT2D eigenvalue weighted by Crippen LogP contribution is 2.31. The molecule has 0 spiro atoms. The summed E-state index contributed by atoms with van der Waals surface area (Å²) in [5, 5.41) is 7.90. The van der Waals surface area contributed by atoms with E-state index in [9.17, 15) is 12.8 Å². The lowest BCUT2D eigenvalue weighted by atomic mass is 10.1. The van der Waals surface area contributed by atoms with Crippen molar-refractivity contribution in [1.82, 2.24) is 14.6 Å². The van der Waals surface area contributed by atoms with E-state index in [1.807, 2.05) is 19.9 Å². The molecule has 2 heterocycles. The first-order chi connectivity index (χ1) is 14.3. The average Bonchev–Trinajstić information content (AvgIpc) is 3.15. The smallest absolute Gasteiger partial charge is 0.268 e. The third kappa shape index (κ3) is 3.64. The third-order valence-corrected chi connectivity index (χ3v) is 6.86. The van der Waals surface area contributed by atoms with Crippen molar-refractivity contribution in [2.75, 3.05) is 4.31 Å². The number of fused-ring (bicyclic) bond motifs is 1. The van der Waals surface area contributed by atoms with Gasteiger partial charge >= 0.3 is 0 Å². The highest BCUT2D eigenvalue weighted by atomic mass is 35.5. The summed E-state index contributed by atoms with van der Waals surface area (Å²) in [6.07, 6.45) is 3.08. The second-order valence-electron chi connectivity index (χ2n) is 6.99. The van der Waals surface area contributed by atoms with Crippen LogP contribution in [0.2, 0.25) is 5.02 Å². The Morgan fingerprint density at radius 1 is 1.10 bits per heavy atom. The fourth-order valence-corrected chi connectivity index (χ4v) is 5.15. The number of benzene rings is 2. The van der Waals surface area contributed by atoms with Gasteiger partial charge in [0.2, 0.25) is 0 Å². The van der Waals surface area contributed by atoms with E-state index in [2.05, 4.69) is 10.2 Å². The van der Waals surface area contributed by atoms with Crippen molar-refractivity contribution in [3.63, 3.8) is 0 Å². The molecule has 6 nitrogen and oxygen atoms in total. The number of rotatable bonds is 5. The normalized spacial score (nSPS) is 11.7. The molecule has 2 aromatic carbocycles. The summed E-state index contributed by atoms with van der Waals surface area (Å²) in [5.74, 6) is -0.576. The van der Waals surface area contributed by atoms with Gasteiger partial charge in [-0.05, 0) is 61.4 Å². The number of hydrogen-bond donors (Lipinski definition) is 0. The minimum absolute atomic E-state index is 0.0332. The van der Waals surface area contributed by atoms with Gasteiger partial charge in [0, 0.05) is 16.8 Å². The van der Waals surface area contributed by atoms with Crippen LogP contribution >= 0.6 is 11.6 Å². The van der Waals surface area contributed by atoms with E-state index >= 15 is 0 Å². The maximum absolute atomic E-state index is 14.5. The summed E-state index contributed by atoms with van der Waals surface area (Å²) >= 11 is 6.21. The summed E-state index contributed by atoms with van der Waals surface area (Å²) in [4.78, 5) is -0.0332. The molecular formula is C21H18ClFN4O2S. The van der Waals surface area contributed by atoms with Crippen LogP contribution in [0.25, 0.3) is 5.65 Å². The molecule has 0 saturated heterocycles. The average molecular weight is 445 g/mol. The van der Waals surface area contributed by atoms with Crippen molar-refractivity contribution >= 4 is 33.0 Å².